The topological polar surface area (TPSA) is 53.3 Å². The number of hydrogen-bond donors (Lipinski definition) is 3. The lowest BCUT2D eigenvalue weighted by atomic mass is 10.0. The van der Waals surface area contributed by atoms with Crippen molar-refractivity contribution in [2.45, 2.75) is 6.42 Å². The van der Waals surface area contributed by atoms with Gasteiger partial charge in [0.2, 0.25) is 0 Å². The number of thiocarbonyl (C=S) groups is 2. The van der Waals surface area contributed by atoms with Gasteiger partial charge in [0.15, 0.2) is 10.2 Å². The summed E-state index contributed by atoms with van der Waals surface area (Å²) in [6.07, 6.45) is 0.825. The van der Waals surface area contributed by atoms with Crippen molar-refractivity contribution in [2.75, 3.05) is 15.5 Å². The summed E-state index contributed by atoms with van der Waals surface area (Å²) in [7, 11) is 0. The van der Waals surface area contributed by atoms with Crippen LogP contribution in [0.3, 0.4) is 0 Å². The third-order valence-corrected chi connectivity index (χ3v) is 5.47. The molecule has 0 spiro atoms. The van der Waals surface area contributed by atoms with E-state index in [0.717, 1.165) is 29.2 Å². The molecule has 164 valence electrons. The Morgan fingerprint density at radius 3 is 1.61 bits per heavy atom. The van der Waals surface area contributed by atoms with Crippen molar-refractivity contribution in [3.05, 3.63) is 120 Å². The first-order valence-electron chi connectivity index (χ1n) is 10.5. The monoisotopic (exact) mass is 468 g/mol. The highest BCUT2D eigenvalue weighted by Crippen LogP contribution is 2.26. The lowest BCUT2D eigenvalue weighted by Gasteiger charge is -2.23. The van der Waals surface area contributed by atoms with Crippen LogP contribution in [0, 0.1) is 0 Å². The molecule has 0 saturated carbocycles. The number of nitrogens with one attached hydrogen (secondary N) is 2. The molecular formula is C27H24N4S2. The summed E-state index contributed by atoms with van der Waals surface area (Å²) >= 11 is 10.7. The molecule has 0 amide bonds. The quantitative estimate of drug-likeness (QED) is 0.282. The molecule has 0 aliphatic heterocycles. The minimum Gasteiger partial charge on any atom is -0.376 e. The number of nitrogens with zero attached hydrogens (tertiary/aromatic N) is 1. The predicted molar refractivity (Wildman–Crippen MR) is 147 cm³/mol. The molecule has 0 atom stereocenters. The Labute approximate surface area is 205 Å². The average Bonchev–Trinajstić information content (AvgIpc) is 2.83. The number of benzene rings is 4. The molecule has 0 fully saturated rings. The van der Waals surface area contributed by atoms with Gasteiger partial charge in [-0.1, -0.05) is 60.7 Å². The zero-order valence-corrected chi connectivity index (χ0v) is 19.6. The fourth-order valence-electron chi connectivity index (χ4n) is 3.50. The van der Waals surface area contributed by atoms with E-state index in [1.165, 1.54) is 11.1 Å². The summed E-state index contributed by atoms with van der Waals surface area (Å²) in [5, 5.41) is 7.27. The maximum absolute atomic E-state index is 5.99. The number of nitrogens with two attached hydrogens (primary N) is 1. The van der Waals surface area contributed by atoms with Crippen LogP contribution >= 0.6 is 24.4 Å². The molecule has 0 radical (unpaired) electrons. The maximum Gasteiger partial charge on any atom is 0.175 e. The van der Waals surface area contributed by atoms with Crippen LogP contribution in [0.1, 0.15) is 11.1 Å². The summed E-state index contributed by atoms with van der Waals surface area (Å²) in [5.74, 6) is 0. The molecule has 0 heterocycles. The van der Waals surface area contributed by atoms with Crippen molar-refractivity contribution in [1.29, 1.82) is 0 Å². The Bertz CT molecular complexity index is 1210. The second kappa shape index (κ2) is 10.7. The highest BCUT2D eigenvalue weighted by Gasteiger charge is 2.11. The first-order valence-corrected chi connectivity index (χ1v) is 11.4. The van der Waals surface area contributed by atoms with Crippen LogP contribution in [0.15, 0.2) is 109 Å². The molecule has 6 heteroatoms. The largest absolute Gasteiger partial charge is 0.376 e. The van der Waals surface area contributed by atoms with Gasteiger partial charge in [0.25, 0.3) is 0 Å². The van der Waals surface area contributed by atoms with Gasteiger partial charge < -0.3 is 16.4 Å². The van der Waals surface area contributed by atoms with E-state index in [9.17, 15) is 0 Å². The smallest absolute Gasteiger partial charge is 0.175 e. The molecule has 0 saturated heterocycles. The number of para-hydroxylation sites is 2. The Morgan fingerprint density at radius 2 is 1.06 bits per heavy atom. The van der Waals surface area contributed by atoms with Crippen LogP contribution in [0.25, 0.3) is 0 Å². The fraction of sp³-hybridized carbons (Fsp3) is 0.0370. The van der Waals surface area contributed by atoms with Crippen molar-refractivity contribution in [3.63, 3.8) is 0 Å². The standard InChI is InChI=1S/C27H24N4S2/c28-26(32)31(24-9-5-2-6-10-24)25-17-13-21(14-18-25)19-20-11-15-23(16-12-20)30-27(33)29-22-7-3-1-4-8-22/h1-18H,19H2,(H2,28,32)(H2,29,30,33). The Kier molecular flexibility index (Phi) is 7.29. The van der Waals surface area contributed by atoms with E-state index in [4.69, 9.17) is 30.2 Å². The van der Waals surface area contributed by atoms with Gasteiger partial charge in [0.1, 0.15) is 0 Å². The fourth-order valence-corrected chi connectivity index (χ4v) is 3.95. The van der Waals surface area contributed by atoms with Gasteiger partial charge in [-0.3, -0.25) is 4.90 Å². The van der Waals surface area contributed by atoms with Crippen LogP contribution in [-0.4, -0.2) is 10.2 Å². The van der Waals surface area contributed by atoms with Crippen molar-refractivity contribution in [1.82, 2.24) is 0 Å². The lowest BCUT2D eigenvalue weighted by Crippen LogP contribution is -2.31. The van der Waals surface area contributed by atoms with E-state index in [-0.39, 0.29) is 0 Å². The van der Waals surface area contributed by atoms with E-state index in [1.807, 2.05) is 89.8 Å². The first kappa shape index (κ1) is 22.5. The van der Waals surface area contributed by atoms with Crippen molar-refractivity contribution in [3.8, 4) is 0 Å². The van der Waals surface area contributed by atoms with Gasteiger partial charge in [-0.15, -0.1) is 0 Å². The SMILES string of the molecule is NC(=S)N(c1ccccc1)c1ccc(Cc2ccc(NC(=S)Nc3ccccc3)cc2)cc1. The van der Waals surface area contributed by atoms with Gasteiger partial charge >= 0.3 is 0 Å². The Balaban J connectivity index is 1.38. The molecule has 4 N–H and O–H groups in total. The molecule has 0 aliphatic rings. The molecular weight excluding hydrogens is 444 g/mol. The molecule has 0 aromatic heterocycles. The summed E-state index contributed by atoms with van der Waals surface area (Å²) in [6.45, 7) is 0. The van der Waals surface area contributed by atoms with Gasteiger partial charge in [-0.25, -0.2) is 0 Å². The highest BCUT2D eigenvalue weighted by molar-refractivity contribution is 7.80. The third-order valence-electron chi connectivity index (χ3n) is 5.08. The van der Waals surface area contributed by atoms with Crippen LogP contribution in [-0.2, 0) is 6.42 Å². The second-order valence-corrected chi connectivity index (χ2v) is 8.32. The van der Waals surface area contributed by atoms with E-state index >= 15 is 0 Å². The molecule has 33 heavy (non-hydrogen) atoms. The van der Waals surface area contributed by atoms with Crippen molar-refractivity contribution in [2.24, 2.45) is 5.73 Å². The van der Waals surface area contributed by atoms with E-state index in [0.29, 0.717) is 10.2 Å². The molecule has 0 bridgehead atoms. The molecule has 0 unspecified atom stereocenters. The Hall–Kier alpha value is -3.74. The highest BCUT2D eigenvalue weighted by atomic mass is 32.1. The van der Waals surface area contributed by atoms with Crippen LogP contribution < -0.4 is 21.3 Å². The van der Waals surface area contributed by atoms with Crippen molar-refractivity contribution < 1.29 is 0 Å². The summed E-state index contributed by atoms with van der Waals surface area (Å²) in [5.41, 5.74) is 12.2. The molecule has 0 aliphatic carbocycles. The van der Waals surface area contributed by atoms with E-state index in [1.54, 1.807) is 0 Å². The van der Waals surface area contributed by atoms with E-state index in [2.05, 4.69) is 34.9 Å². The normalized spacial score (nSPS) is 10.3. The van der Waals surface area contributed by atoms with Crippen LogP contribution in [0.4, 0.5) is 22.7 Å². The minimum absolute atomic E-state index is 0.316. The lowest BCUT2D eigenvalue weighted by molar-refractivity contribution is 1.19. The van der Waals surface area contributed by atoms with Gasteiger partial charge in [-0.2, -0.15) is 0 Å². The Morgan fingerprint density at radius 1 is 0.606 bits per heavy atom. The summed E-state index contributed by atoms with van der Waals surface area (Å²) < 4.78 is 0. The van der Waals surface area contributed by atoms with Crippen molar-refractivity contribution >= 4 is 57.4 Å². The molecule has 4 aromatic carbocycles. The maximum atomic E-state index is 5.99. The van der Waals surface area contributed by atoms with Gasteiger partial charge in [0, 0.05) is 22.7 Å². The summed E-state index contributed by atoms with van der Waals surface area (Å²) in [4.78, 5) is 1.87. The number of hydrogen-bond acceptors (Lipinski definition) is 2. The number of anilines is 4. The zero-order valence-electron chi connectivity index (χ0n) is 17.9. The third kappa shape index (κ3) is 6.16. The van der Waals surface area contributed by atoms with E-state index < -0.39 is 0 Å². The average molecular weight is 469 g/mol. The molecule has 4 aromatic rings. The first-order chi connectivity index (χ1) is 16.1. The second-order valence-electron chi connectivity index (χ2n) is 7.49. The van der Waals surface area contributed by atoms with Crippen LogP contribution in [0.5, 0.6) is 0 Å². The molecule has 4 nitrogen and oxygen atoms in total. The minimum atomic E-state index is 0.316. The predicted octanol–water partition coefficient (Wildman–Crippen LogP) is 6.47. The zero-order chi connectivity index (χ0) is 23.0. The van der Waals surface area contributed by atoms with Crippen LogP contribution in [0.2, 0.25) is 0 Å². The molecule has 4 rings (SSSR count). The van der Waals surface area contributed by atoms with Gasteiger partial charge in [0.05, 0.1) is 0 Å². The number of rotatable bonds is 6. The summed E-state index contributed by atoms with van der Waals surface area (Å²) in [6, 6.07) is 36.3. The van der Waals surface area contributed by atoms with Gasteiger partial charge in [-0.05, 0) is 90.5 Å².